The van der Waals surface area contributed by atoms with Crippen LogP contribution in [0.1, 0.15) is 5.56 Å². The van der Waals surface area contributed by atoms with Crippen LogP contribution in [0.25, 0.3) is 55.3 Å². The van der Waals surface area contributed by atoms with Gasteiger partial charge in [0.05, 0.1) is 5.56 Å². The van der Waals surface area contributed by atoms with Crippen molar-refractivity contribution in [3.8, 4) is 33.4 Å². The highest BCUT2D eigenvalue weighted by atomic mass is 19.4. The third kappa shape index (κ3) is 3.97. The van der Waals surface area contributed by atoms with Crippen LogP contribution in [0.4, 0.5) is 13.2 Å². The second-order valence-electron chi connectivity index (χ2n) is 8.54. The largest absolute Gasteiger partial charge is 0.456 e. The second-order valence-corrected chi connectivity index (χ2v) is 8.54. The molecule has 0 saturated heterocycles. The molecule has 0 saturated carbocycles. The fourth-order valence-corrected chi connectivity index (χ4v) is 4.49. The number of benzene rings is 5. The van der Waals surface area contributed by atoms with Crippen molar-refractivity contribution in [1.29, 1.82) is 0 Å². The molecule has 0 fully saturated rings. The Kier molecular flexibility index (Phi) is 4.96. The van der Waals surface area contributed by atoms with Gasteiger partial charge in [-0.1, -0.05) is 78.9 Å². The van der Waals surface area contributed by atoms with E-state index in [1.165, 1.54) is 12.1 Å². The van der Waals surface area contributed by atoms with Crippen molar-refractivity contribution in [2.24, 2.45) is 0 Å². The molecule has 1 nitrogen and oxygen atoms in total. The average molecular weight is 464 g/mol. The standard InChI is InChI=1S/C31H19F3O/c32-31(33,34)26-15-12-21(13-16-26)20-8-10-22(11-9-20)23-4-3-5-24(18-23)25-14-17-30-28(19-25)27-6-1-2-7-29(27)35-30/h1-19H. The van der Waals surface area contributed by atoms with Gasteiger partial charge >= 0.3 is 6.18 Å². The number of hydrogen-bond acceptors (Lipinski definition) is 1. The van der Waals surface area contributed by atoms with E-state index in [0.717, 1.165) is 67.5 Å². The van der Waals surface area contributed by atoms with Gasteiger partial charge in [-0.05, 0) is 69.8 Å². The summed E-state index contributed by atoms with van der Waals surface area (Å²) in [5.41, 5.74) is 7.03. The first-order valence-electron chi connectivity index (χ1n) is 11.3. The molecule has 0 aliphatic carbocycles. The molecule has 4 heteroatoms. The van der Waals surface area contributed by atoms with Crippen molar-refractivity contribution in [1.82, 2.24) is 0 Å². The fraction of sp³-hybridized carbons (Fsp3) is 0.0323. The normalized spacial score (nSPS) is 11.9. The Morgan fingerprint density at radius 1 is 0.429 bits per heavy atom. The van der Waals surface area contributed by atoms with Crippen LogP contribution in [0.15, 0.2) is 120 Å². The minimum Gasteiger partial charge on any atom is -0.456 e. The summed E-state index contributed by atoms with van der Waals surface area (Å²) in [6, 6.07) is 35.7. The second kappa shape index (κ2) is 8.17. The molecule has 0 aliphatic heterocycles. The number of furan rings is 1. The molecule has 0 amide bonds. The highest BCUT2D eigenvalue weighted by Gasteiger charge is 2.29. The van der Waals surface area contributed by atoms with Gasteiger partial charge in [0.1, 0.15) is 11.2 Å². The Morgan fingerprint density at radius 2 is 0.943 bits per heavy atom. The maximum atomic E-state index is 12.8. The maximum absolute atomic E-state index is 12.8. The quantitative estimate of drug-likeness (QED) is 0.254. The van der Waals surface area contributed by atoms with E-state index in [2.05, 4.69) is 36.4 Å². The third-order valence-corrected chi connectivity index (χ3v) is 6.34. The smallest absolute Gasteiger partial charge is 0.416 e. The lowest BCUT2D eigenvalue weighted by molar-refractivity contribution is -0.137. The molecule has 1 aromatic heterocycles. The number of fused-ring (bicyclic) bond motifs is 3. The lowest BCUT2D eigenvalue weighted by Crippen LogP contribution is -2.03. The summed E-state index contributed by atoms with van der Waals surface area (Å²) in [5.74, 6) is 0. The van der Waals surface area contributed by atoms with Crippen molar-refractivity contribution in [2.75, 3.05) is 0 Å². The van der Waals surface area contributed by atoms with Gasteiger partial charge in [-0.15, -0.1) is 0 Å². The molecule has 1 heterocycles. The van der Waals surface area contributed by atoms with Gasteiger partial charge in [-0.25, -0.2) is 0 Å². The molecule has 35 heavy (non-hydrogen) atoms. The number of para-hydroxylation sites is 1. The van der Waals surface area contributed by atoms with E-state index in [1.807, 2.05) is 54.6 Å². The Hall–Kier alpha value is -4.31. The van der Waals surface area contributed by atoms with E-state index in [9.17, 15) is 13.2 Å². The molecule has 0 spiro atoms. The number of alkyl halides is 3. The zero-order valence-electron chi connectivity index (χ0n) is 18.5. The van der Waals surface area contributed by atoms with Crippen LogP contribution < -0.4 is 0 Å². The predicted octanol–water partition coefficient (Wildman–Crippen LogP) is 9.61. The summed E-state index contributed by atoms with van der Waals surface area (Å²) in [5, 5.41) is 2.18. The maximum Gasteiger partial charge on any atom is 0.416 e. The molecule has 0 atom stereocenters. The monoisotopic (exact) mass is 464 g/mol. The fourth-order valence-electron chi connectivity index (χ4n) is 4.49. The van der Waals surface area contributed by atoms with Crippen LogP contribution in [-0.2, 0) is 6.18 Å². The van der Waals surface area contributed by atoms with Crippen LogP contribution in [0.5, 0.6) is 0 Å². The first-order valence-corrected chi connectivity index (χ1v) is 11.3. The average Bonchev–Trinajstić information content (AvgIpc) is 3.26. The van der Waals surface area contributed by atoms with E-state index < -0.39 is 11.7 Å². The van der Waals surface area contributed by atoms with Crippen molar-refractivity contribution in [3.63, 3.8) is 0 Å². The zero-order valence-corrected chi connectivity index (χ0v) is 18.5. The highest BCUT2D eigenvalue weighted by molar-refractivity contribution is 6.06. The van der Waals surface area contributed by atoms with Crippen molar-refractivity contribution < 1.29 is 17.6 Å². The SMILES string of the molecule is FC(F)(F)c1ccc(-c2ccc(-c3cccc(-c4ccc5oc6ccccc6c5c4)c3)cc2)cc1. The van der Waals surface area contributed by atoms with Gasteiger partial charge in [-0.3, -0.25) is 0 Å². The summed E-state index contributed by atoms with van der Waals surface area (Å²) in [7, 11) is 0. The van der Waals surface area contributed by atoms with Crippen LogP contribution in [-0.4, -0.2) is 0 Å². The molecule has 0 N–H and O–H groups in total. The van der Waals surface area contributed by atoms with Crippen LogP contribution in [0.2, 0.25) is 0 Å². The summed E-state index contributed by atoms with van der Waals surface area (Å²) >= 11 is 0. The van der Waals surface area contributed by atoms with Crippen molar-refractivity contribution in [3.05, 3.63) is 121 Å². The molecule has 170 valence electrons. The van der Waals surface area contributed by atoms with Gasteiger partial charge in [0, 0.05) is 10.8 Å². The Balaban J connectivity index is 1.31. The van der Waals surface area contributed by atoms with E-state index in [1.54, 1.807) is 0 Å². The van der Waals surface area contributed by atoms with E-state index in [-0.39, 0.29) is 0 Å². The van der Waals surface area contributed by atoms with E-state index in [4.69, 9.17) is 4.42 Å². The minimum atomic E-state index is -4.33. The van der Waals surface area contributed by atoms with Gasteiger partial charge in [0.2, 0.25) is 0 Å². The molecular weight excluding hydrogens is 445 g/mol. The van der Waals surface area contributed by atoms with Crippen LogP contribution in [0, 0.1) is 0 Å². The number of rotatable bonds is 3. The van der Waals surface area contributed by atoms with E-state index in [0.29, 0.717) is 0 Å². The van der Waals surface area contributed by atoms with Crippen molar-refractivity contribution >= 4 is 21.9 Å². The lowest BCUT2D eigenvalue weighted by atomic mass is 9.96. The van der Waals surface area contributed by atoms with Gasteiger partial charge in [0.15, 0.2) is 0 Å². The topological polar surface area (TPSA) is 13.1 Å². The minimum absolute atomic E-state index is 0.642. The van der Waals surface area contributed by atoms with Gasteiger partial charge in [0.25, 0.3) is 0 Å². The zero-order chi connectivity index (χ0) is 24.0. The Labute approximate surface area is 200 Å². The van der Waals surface area contributed by atoms with Gasteiger partial charge < -0.3 is 4.42 Å². The molecule has 6 rings (SSSR count). The van der Waals surface area contributed by atoms with Crippen LogP contribution in [0.3, 0.4) is 0 Å². The molecule has 5 aromatic carbocycles. The number of hydrogen-bond donors (Lipinski definition) is 0. The molecule has 0 aliphatic rings. The van der Waals surface area contributed by atoms with Crippen LogP contribution >= 0.6 is 0 Å². The molecule has 0 radical (unpaired) electrons. The summed E-state index contributed by atoms with van der Waals surface area (Å²) in [6.07, 6.45) is -4.33. The highest BCUT2D eigenvalue weighted by Crippen LogP contribution is 2.35. The van der Waals surface area contributed by atoms with E-state index >= 15 is 0 Å². The first kappa shape index (κ1) is 21.2. The van der Waals surface area contributed by atoms with Crippen molar-refractivity contribution in [2.45, 2.75) is 6.18 Å². The third-order valence-electron chi connectivity index (χ3n) is 6.34. The lowest BCUT2D eigenvalue weighted by Gasteiger charge is -2.09. The predicted molar refractivity (Wildman–Crippen MR) is 135 cm³/mol. The summed E-state index contributed by atoms with van der Waals surface area (Å²) in [4.78, 5) is 0. The first-order chi connectivity index (χ1) is 17.0. The molecular formula is C31H19F3O. The summed E-state index contributed by atoms with van der Waals surface area (Å²) in [6.45, 7) is 0. The number of halogens is 3. The summed E-state index contributed by atoms with van der Waals surface area (Å²) < 4.78 is 44.5. The molecule has 6 aromatic rings. The molecule has 0 bridgehead atoms. The van der Waals surface area contributed by atoms with Gasteiger partial charge in [-0.2, -0.15) is 13.2 Å². The Bertz CT molecular complexity index is 1660. The molecule has 0 unspecified atom stereocenters. The Morgan fingerprint density at radius 3 is 1.63 bits per heavy atom.